The lowest BCUT2D eigenvalue weighted by atomic mass is 9.96. The molecule has 4 aromatic rings. The number of fused-ring (bicyclic) bond motifs is 1. The third-order valence-corrected chi connectivity index (χ3v) is 7.92. The van der Waals surface area contributed by atoms with Crippen LogP contribution in [-0.2, 0) is 35.0 Å². The molecule has 12 nitrogen and oxygen atoms in total. The average molecular weight is 589 g/mol. The summed E-state index contributed by atoms with van der Waals surface area (Å²) < 4.78 is 9.70. The van der Waals surface area contributed by atoms with E-state index in [-0.39, 0.29) is 36.6 Å². The van der Waals surface area contributed by atoms with Crippen molar-refractivity contribution >= 4 is 23.1 Å². The molecule has 0 saturated carbocycles. The number of esters is 1. The molecule has 0 radical (unpaired) electrons. The number of aryl methyl sites for hydroxylation is 1. The number of imidazole rings is 1. The van der Waals surface area contributed by atoms with Crippen LogP contribution >= 0.6 is 0 Å². The minimum atomic E-state index is -1.08. The number of nitrogens with zero attached hydrogens (tertiary/aromatic N) is 6. The standard InChI is InChI=1S/C31H36N6O6/c1-33-29-28(30(41)34(2)31(33)42)37(21-32-29)20-24(43-26(40)14-13-25(38)39)19-35-15-17-36(18-16-35)27(22-9-5-3-6-10-22)23-11-7-4-8-12-23/h3-12,21,24,27H,13-20H2,1-2H3,(H,38,39). The van der Waals surface area contributed by atoms with Crippen LogP contribution < -0.4 is 11.2 Å². The summed E-state index contributed by atoms with van der Waals surface area (Å²) in [5.74, 6) is -1.70. The van der Waals surface area contributed by atoms with Gasteiger partial charge in [-0.3, -0.25) is 33.3 Å². The second-order valence-electron chi connectivity index (χ2n) is 10.8. The Morgan fingerprint density at radius 2 is 1.47 bits per heavy atom. The van der Waals surface area contributed by atoms with Crippen molar-refractivity contribution < 1.29 is 19.4 Å². The summed E-state index contributed by atoms with van der Waals surface area (Å²) in [4.78, 5) is 58.0. The molecule has 1 fully saturated rings. The number of ether oxygens (including phenoxy) is 1. The predicted molar refractivity (Wildman–Crippen MR) is 160 cm³/mol. The van der Waals surface area contributed by atoms with Crippen LogP contribution in [0.5, 0.6) is 0 Å². The quantitative estimate of drug-likeness (QED) is 0.260. The minimum Gasteiger partial charge on any atom is -0.481 e. The fourth-order valence-corrected chi connectivity index (χ4v) is 5.72. The molecule has 226 valence electrons. The molecule has 1 aliphatic rings. The molecule has 12 heteroatoms. The van der Waals surface area contributed by atoms with Gasteiger partial charge in [-0.1, -0.05) is 60.7 Å². The molecule has 1 N–H and O–H groups in total. The van der Waals surface area contributed by atoms with Gasteiger partial charge in [-0.2, -0.15) is 0 Å². The summed E-state index contributed by atoms with van der Waals surface area (Å²) in [7, 11) is 2.95. The Kier molecular flexibility index (Phi) is 9.17. The molecular formula is C31H36N6O6. The largest absolute Gasteiger partial charge is 0.481 e. The van der Waals surface area contributed by atoms with Crippen molar-refractivity contribution in [2.45, 2.75) is 31.5 Å². The van der Waals surface area contributed by atoms with Gasteiger partial charge in [0.25, 0.3) is 5.56 Å². The zero-order valence-corrected chi connectivity index (χ0v) is 24.3. The summed E-state index contributed by atoms with van der Waals surface area (Å²) in [6.07, 6.45) is 0.204. The van der Waals surface area contributed by atoms with Gasteiger partial charge in [-0.15, -0.1) is 0 Å². The van der Waals surface area contributed by atoms with E-state index >= 15 is 0 Å². The van der Waals surface area contributed by atoms with Crippen molar-refractivity contribution in [1.82, 2.24) is 28.5 Å². The van der Waals surface area contributed by atoms with Crippen LogP contribution in [-0.4, -0.2) is 84.4 Å². The number of carboxylic acids is 1. The monoisotopic (exact) mass is 588 g/mol. The second-order valence-corrected chi connectivity index (χ2v) is 10.8. The Bertz CT molecular complexity index is 1650. The van der Waals surface area contributed by atoms with Gasteiger partial charge in [0.1, 0.15) is 6.10 Å². The van der Waals surface area contributed by atoms with Gasteiger partial charge in [0, 0.05) is 46.8 Å². The van der Waals surface area contributed by atoms with Crippen LogP contribution in [0.2, 0.25) is 0 Å². The zero-order chi connectivity index (χ0) is 30.5. The van der Waals surface area contributed by atoms with Crippen molar-refractivity contribution in [1.29, 1.82) is 0 Å². The van der Waals surface area contributed by atoms with E-state index < -0.39 is 29.3 Å². The lowest BCUT2D eigenvalue weighted by Gasteiger charge is -2.40. The van der Waals surface area contributed by atoms with E-state index in [1.165, 1.54) is 29.1 Å². The maximum absolute atomic E-state index is 13.0. The molecule has 2 aromatic heterocycles. The van der Waals surface area contributed by atoms with E-state index in [2.05, 4.69) is 63.3 Å². The third kappa shape index (κ3) is 6.76. The lowest BCUT2D eigenvalue weighted by molar-refractivity contribution is -0.153. The van der Waals surface area contributed by atoms with E-state index in [0.29, 0.717) is 6.54 Å². The smallest absolute Gasteiger partial charge is 0.332 e. The Balaban J connectivity index is 1.34. The molecule has 1 atom stereocenters. The third-order valence-electron chi connectivity index (χ3n) is 7.92. The van der Waals surface area contributed by atoms with E-state index in [9.17, 15) is 19.2 Å². The first-order valence-corrected chi connectivity index (χ1v) is 14.3. The Hall–Kier alpha value is -4.55. The normalized spacial score (nSPS) is 15.1. The van der Waals surface area contributed by atoms with Crippen molar-refractivity contribution in [3.8, 4) is 0 Å². The molecule has 2 aromatic carbocycles. The SMILES string of the molecule is Cn1c(=O)c2c(ncn2CC(CN2CCN(C(c3ccccc3)c3ccccc3)CC2)OC(=O)CCC(=O)O)n(C)c1=O. The summed E-state index contributed by atoms with van der Waals surface area (Å²) >= 11 is 0. The van der Waals surface area contributed by atoms with Crippen LogP contribution in [0, 0.1) is 0 Å². The Labute approximate surface area is 248 Å². The van der Waals surface area contributed by atoms with Crippen molar-refractivity contribution in [3.63, 3.8) is 0 Å². The molecule has 5 rings (SSSR count). The fraction of sp³-hybridized carbons (Fsp3) is 0.387. The van der Waals surface area contributed by atoms with E-state index in [1.807, 2.05) is 12.1 Å². The number of rotatable bonds is 11. The lowest BCUT2D eigenvalue weighted by Crippen LogP contribution is -2.50. The van der Waals surface area contributed by atoms with Crippen LogP contribution in [0.15, 0.2) is 76.6 Å². The van der Waals surface area contributed by atoms with Gasteiger partial charge in [-0.25, -0.2) is 9.78 Å². The van der Waals surface area contributed by atoms with Gasteiger partial charge in [0.2, 0.25) is 0 Å². The molecule has 0 amide bonds. The van der Waals surface area contributed by atoms with Gasteiger partial charge < -0.3 is 14.4 Å². The molecule has 1 aliphatic heterocycles. The van der Waals surface area contributed by atoms with Crippen molar-refractivity contribution in [3.05, 3.63) is 99.0 Å². The van der Waals surface area contributed by atoms with Crippen LogP contribution in [0.25, 0.3) is 11.2 Å². The minimum absolute atomic E-state index is 0.106. The van der Waals surface area contributed by atoms with Gasteiger partial charge in [0.05, 0.1) is 31.8 Å². The second kappa shape index (κ2) is 13.2. The summed E-state index contributed by atoms with van der Waals surface area (Å²) in [5, 5.41) is 9.02. The van der Waals surface area contributed by atoms with Gasteiger partial charge >= 0.3 is 17.6 Å². The molecule has 1 unspecified atom stereocenters. The molecule has 1 saturated heterocycles. The van der Waals surface area contributed by atoms with Gasteiger partial charge in [0.15, 0.2) is 11.2 Å². The molecule has 0 bridgehead atoms. The molecule has 43 heavy (non-hydrogen) atoms. The number of hydrogen-bond acceptors (Lipinski definition) is 8. The molecule has 0 spiro atoms. The number of carbonyl (C=O) groups is 2. The van der Waals surface area contributed by atoms with Crippen LogP contribution in [0.1, 0.15) is 30.0 Å². The van der Waals surface area contributed by atoms with Crippen molar-refractivity contribution in [2.24, 2.45) is 14.1 Å². The highest BCUT2D eigenvalue weighted by molar-refractivity contribution is 5.76. The maximum Gasteiger partial charge on any atom is 0.332 e. The fourth-order valence-electron chi connectivity index (χ4n) is 5.72. The number of hydrogen-bond donors (Lipinski definition) is 1. The topological polar surface area (TPSA) is 132 Å². The first kappa shape index (κ1) is 29.9. The number of piperazine rings is 1. The Morgan fingerprint density at radius 3 is 2.05 bits per heavy atom. The maximum atomic E-state index is 13.0. The van der Waals surface area contributed by atoms with Crippen LogP contribution in [0.3, 0.4) is 0 Å². The first-order valence-electron chi connectivity index (χ1n) is 14.3. The summed E-state index contributed by atoms with van der Waals surface area (Å²) in [6, 6.07) is 20.9. The highest BCUT2D eigenvalue weighted by atomic mass is 16.5. The summed E-state index contributed by atoms with van der Waals surface area (Å²) in [5.41, 5.74) is 1.93. The van der Waals surface area contributed by atoms with E-state index in [4.69, 9.17) is 9.84 Å². The van der Waals surface area contributed by atoms with Crippen LogP contribution in [0.4, 0.5) is 0 Å². The number of aliphatic carboxylic acids is 1. The van der Waals surface area contributed by atoms with Crippen molar-refractivity contribution in [2.75, 3.05) is 32.7 Å². The molecule has 3 heterocycles. The summed E-state index contributed by atoms with van der Waals surface area (Å²) in [6.45, 7) is 3.52. The van der Waals surface area contributed by atoms with E-state index in [0.717, 1.165) is 30.7 Å². The number of carbonyl (C=O) groups excluding carboxylic acids is 1. The number of carboxylic acid groups (broad SMARTS) is 1. The highest BCUT2D eigenvalue weighted by Gasteiger charge is 2.29. The molecule has 0 aliphatic carbocycles. The van der Waals surface area contributed by atoms with Gasteiger partial charge in [-0.05, 0) is 11.1 Å². The zero-order valence-electron chi connectivity index (χ0n) is 24.3. The predicted octanol–water partition coefficient (Wildman–Crippen LogP) is 1.62. The number of benzene rings is 2. The average Bonchev–Trinajstić information content (AvgIpc) is 3.43. The highest BCUT2D eigenvalue weighted by Crippen LogP contribution is 2.29. The first-order chi connectivity index (χ1) is 20.7. The Morgan fingerprint density at radius 1 is 0.860 bits per heavy atom. The number of aromatic nitrogens is 4. The van der Waals surface area contributed by atoms with E-state index in [1.54, 1.807) is 11.6 Å². The molecular weight excluding hydrogens is 552 g/mol.